The molecular weight excluding hydrogens is 168 g/mol. The molecule has 1 aromatic rings. The van der Waals surface area contributed by atoms with Crippen LogP contribution in [0.25, 0.3) is 0 Å². The second-order valence-electron chi connectivity index (χ2n) is 2.38. The zero-order valence-electron chi connectivity index (χ0n) is 7.03. The lowest BCUT2D eigenvalue weighted by Crippen LogP contribution is -1.73. The highest BCUT2D eigenvalue weighted by atomic mass is 32.2. The van der Waals surface area contributed by atoms with E-state index in [1.165, 1.54) is 0 Å². The second-order valence-corrected chi connectivity index (χ2v) is 3.47. The summed E-state index contributed by atoms with van der Waals surface area (Å²) in [4.78, 5) is 1.10. The molecular formula is C10H12OS. The Bertz CT molecular complexity index is 268. The summed E-state index contributed by atoms with van der Waals surface area (Å²) in [7, 11) is 0. The highest BCUT2D eigenvalue weighted by Crippen LogP contribution is 2.21. The van der Waals surface area contributed by atoms with Crippen LogP contribution in [-0.2, 0) is 0 Å². The van der Waals surface area contributed by atoms with Gasteiger partial charge in [-0.2, -0.15) is 0 Å². The first-order chi connectivity index (χ1) is 5.83. The summed E-state index contributed by atoms with van der Waals surface area (Å²) >= 11 is 1.71. The molecule has 0 saturated heterocycles. The molecule has 0 fully saturated rings. The fourth-order valence-corrected chi connectivity index (χ4v) is 1.67. The largest absolute Gasteiger partial charge is 0.508 e. The van der Waals surface area contributed by atoms with Crippen LogP contribution < -0.4 is 0 Å². The smallest absolute Gasteiger partial charge is 0.116 e. The first-order valence-corrected chi connectivity index (χ1v) is 4.84. The molecule has 0 bridgehead atoms. The van der Waals surface area contributed by atoms with E-state index in [2.05, 4.69) is 6.08 Å². The summed E-state index contributed by atoms with van der Waals surface area (Å²) in [6, 6.07) is 7.30. The number of phenolic OH excluding ortho intramolecular Hbond substituents is 1. The SMILES string of the molecule is C/C=C/CSc1cccc(O)c1. The van der Waals surface area contributed by atoms with Gasteiger partial charge in [0.1, 0.15) is 5.75 Å². The van der Waals surface area contributed by atoms with Crippen molar-refractivity contribution >= 4 is 11.8 Å². The maximum absolute atomic E-state index is 9.14. The van der Waals surface area contributed by atoms with Crippen LogP contribution in [-0.4, -0.2) is 10.9 Å². The monoisotopic (exact) mass is 180 g/mol. The molecule has 12 heavy (non-hydrogen) atoms. The Morgan fingerprint density at radius 1 is 1.50 bits per heavy atom. The van der Waals surface area contributed by atoms with Crippen LogP contribution in [0, 0.1) is 0 Å². The van der Waals surface area contributed by atoms with Crippen molar-refractivity contribution in [2.45, 2.75) is 11.8 Å². The zero-order chi connectivity index (χ0) is 8.81. The number of rotatable bonds is 3. The number of hydrogen-bond acceptors (Lipinski definition) is 2. The van der Waals surface area contributed by atoms with E-state index in [-0.39, 0.29) is 0 Å². The van der Waals surface area contributed by atoms with Crippen LogP contribution in [0.3, 0.4) is 0 Å². The summed E-state index contributed by atoms with van der Waals surface area (Å²) in [6.07, 6.45) is 4.12. The Morgan fingerprint density at radius 2 is 2.33 bits per heavy atom. The molecule has 1 aromatic carbocycles. The third-order valence-electron chi connectivity index (χ3n) is 1.40. The minimum absolute atomic E-state index is 0.334. The maximum Gasteiger partial charge on any atom is 0.116 e. The molecule has 0 saturated carbocycles. The lowest BCUT2D eigenvalue weighted by atomic mass is 10.3. The van der Waals surface area contributed by atoms with Crippen molar-refractivity contribution in [2.24, 2.45) is 0 Å². The predicted molar refractivity (Wildman–Crippen MR) is 53.6 cm³/mol. The normalized spacial score (nSPS) is 10.8. The van der Waals surface area contributed by atoms with E-state index in [0.29, 0.717) is 5.75 Å². The Labute approximate surface area is 77.1 Å². The van der Waals surface area contributed by atoms with Gasteiger partial charge in [-0.1, -0.05) is 18.2 Å². The van der Waals surface area contributed by atoms with Crippen LogP contribution in [0.1, 0.15) is 6.92 Å². The van der Waals surface area contributed by atoms with Crippen LogP contribution in [0.4, 0.5) is 0 Å². The summed E-state index contributed by atoms with van der Waals surface area (Å²) in [6.45, 7) is 2.00. The Hall–Kier alpha value is -0.890. The quantitative estimate of drug-likeness (QED) is 0.570. The topological polar surface area (TPSA) is 20.2 Å². The predicted octanol–water partition coefficient (Wildman–Crippen LogP) is 3.06. The molecule has 1 nitrogen and oxygen atoms in total. The van der Waals surface area contributed by atoms with Crippen molar-refractivity contribution in [3.8, 4) is 5.75 Å². The van der Waals surface area contributed by atoms with Crippen LogP contribution in [0.2, 0.25) is 0 Å². The van der Waals surface area contributed by atoms with Gasteiger partial charge < -0.3 is 5.11 Å². The fraction of sp³-hybridized carbons (Fsp3) is 0.200. The van der Waals surface area contributed by atoms with Gasteiger partial charge in [0.25, 0.3) is 0 Å². The third-order valence-corrected chi connectivity index (χ3v) is 2.35. The highest BCUT2D eigenvalue weighted by Gasteiger charge is 1.92. The zero-order valence-corrected chi connectivity index (χ0v) is 7.84. The van der Waals surface area contributed by atoms with Gasteiger partial charge >= 0.3 is 0 Å². The molecule has 0 heterocycles. The molecule has 0 aromatic heterocycles. The molecule has 0 atom stereocenters. The molecule has 0 aliphatic rings. The van der Waals surface area contributed by atoms with Gasteiger partial charge in [0.15, 0.2) is 0 Å². The number of hydrogen-bond donors (Lipinski definition) is 1. The van der Waals surface area contributed by atoms with E-state index in [4.69, 9.17) is 5.11 Å². The first-order valence-electron chi connectivity index (χ1n) is 3.86. The molecule has 0 radical (unpaired) electrons. The van der Waals surface area contributed by atoms with Crippen molar-refractivity contribution in [3.63, 3.8) is 0 Å². The Balaban J connectivity index is 2.52. The van der Waals surface area contributed by atoms with E-state index in [0.717, 1.165) is 10.6 Å². The highest BCUT2D eigenvalue weighted by molar-refractivity contribution is 7.99. The van der Waals surface area contributed by atoms with E-state index < -0.39 is 0 Å². The third kappa shape index (κ3) is 3.01. The molecule has 0 aliphatic carbocycles. The van der Waals surface area contributed by atoms with E-state index >= 15 is 0 Å². The fourth-order valence-electron chi connectivity index (χ4n) is 0.814. The number of allylic oxidation sites excluding steroid dienone is 1. The summed E-state index contributed by atoms with van der Waals surface area (Å²) < 4.78 is 0. The minimum Gasteiger partial charge on any atom is -0.508 e. The molecule has 0 aliphatic heterocycles. The number of benzene rings is 1. The van der Waals surface area contributed by atoms with Gasteiger partial charge in [-0.3, -0.25) is 0 Å². The first kappa shape index (κ1) is 9.20. The standard InChI is InChI=1S/C10H12OS/c1-2-3-7-12-10-6-4-5-9(11)8-10/h2-6,8,11H,7H2,1H3/b3-2+. The van der Waals surface area contributed by atoms with Gasteiger partial charge in [-0.15, -0.1) is 11.8 Å². The Morgan fingerprint density at radius 3 is 3.00 bits per heavy atom. The van der Waals surface area contributed by atoms with Crippen molar-refractivity contribution in [1.29, 1.82) is 0 Å². The second kappa shape index (κ2) is 4.88. The van der Waals surface area contributed by atoms with Crippen LogP contribution in [0.15, 0.2) is 41.3 Å². The van der Waals surface area contributed by atoms with Gasteiger partial charge in [0, 0.05) is 10.6 Å². The van der Waals surface area contributed by atoms with Crippen LogP contribution >= 0.6 is 11.8 Å². The van der Waals surface area contributed by atoms with Crippen molar-refractivity contribution in [1.82, 2.24) is 0 Å². The summed E-state index contributed by atoms with van der Waals surface area (Å²) in [5, 5.41) is 9.14. The molecule has 0 unspecified atom stereocenters. The molecule has 64 valence electrons. The van der Waals surface area contributed by atoms with Gasteiger partial charge in [-0.05, 0) is 25.1 Å². The lowest BCUT2D eigenvalue weighted by Gasteiger charge is -1.97. The number of aromatic hydroxyl groups is 1. The van der Waals surface area contributed by atoms with Gasteiger partial charge in [0.2, 0.25) is 0 Å². The van der Waals surface area contributed by atoms with E-state index in [1.54, 1.807) is 23.9 Å². The molecule has 1 rings (SSSR count). The lowest BCUT2D eigenvalue weighted by molar-refractivity contribution is 0.474. The van der Waals surface area contributed by atoms with Crippen molar-refractivity contribution in [3.05, 3.63) is 36.4 Å². The molecule has 1 N–H and O–H groups in total. The average Bonchev–Trinajstić information content (AvgIpc) is 2.05. The minimum atomic E-state index is 0.334. The molecule has 2 heteroatoms. The molecule has 0 amide bonds. The maximum atomic E-state index is 9.14. The number of thioether (sulfide) groups is 1. The van der Waals surface area contributed by atoms with Crippen molar-refractivity contribution < 1.29 is 5.11 Å². The van der Waals surface area contributed by atoms with E-state index in [1.807, 2.05) is 25.1 Å². The van der Waals surface area contributed by atoms with Crippen molar-refractivity contribution in [2.75, 3.05) is 5.75 Å². The van der Waals surface area contributed by atoms with Crippen LogP contribution in [0.5, 0.6) is 5.75 Å². The average molecular weight is 180 g/mol. The Kier molecular flexibility index (Phi) is 3.74. The summed E-state index contributed by atoms with van der Waals surface area (Å²) in [5.41, 5.74) is 0. The number of phenols is 1. The van der Waals surface area contributed by atoms with Gasteiger partial charge in [0.05, 0.1) is 0 Å². The van der Waals surface area contributed by atoms with Gasteiger partial charge in [-0.25, -0.2) is 0 Å². The molecule has 0 spiro atoms. The summed E-state index contributed by atoms with van der Waals surface area (Å²) in [5.74, 6) is 1.29. The van der Waals surface area contributed by atoms with E-state index in [9.17, 15) is 0 Å².